The van der Waals surface area contributed by atoms with Crippen molar-refractivity contribution in [2.24, 2.45) is 0 Å². The van der Waals surface area contributed by atoms with Gasteiger partial charge in [0.2, 0.25) is 5.91 Å². The van der Waals surface area contributed by atoms with Crippen molar-refractivity contribution in [2.45, 2.75) is 26.3 Å². The molecule has 0 bridgehead atoms. The predicted octanol–water partition coefficient (Wildman–Crippen LogP) is 5.83. The molecule has 7 heteroatoms. The number of para-hydroxylation sites is 1. The summed E-state index contributed by atoms with van der Waals surface area (Å²) in [6.07, 6.45) is 1.22. The zero-order valence-electron chi connectivity index (χ0n) is 18.8. The van der Waals surface area contributed by atoms with Crippen molar-refractivity contribution in [2.75, 3.05) is 5.32 Å². The molecule has 172 valence electrons. The number of anilines is 1. The molecular formula is C27H25N3O4. The number of hydrogen-bond acceptors (Lipinski definition) is 4. The van der Waals surface area contributed by atoms with Crippen LogP contribution in [-0.4, -0.2) is 26.8 Å². The first kappa shape index (κ1) is 22.8. The summed E-state index contributed by atoms with van der Waals surface area (Å²) in [7, 11) is 0. The van der Waals surface area contributed by atoms with Crippen LogP contribution in [0.15, 0.2) is 84.9 Å². The molecule has 0 fully saturated rings. The van der Waals surface area contributed by atoms with E-state index in [2.05, 4.69) is 10.4 Å². The van der Waals surface area contributed by atoms with Gasteiger partial charge in [-0.3, -0.25) is 9.48 Å². The summed E-state index contributed by atoms with van der Waals surface area (Å²) < 4.78 is 7.28. The maximum Gasteiger partial charge on any atom is 0.354 e. The van der Waals surface area contributed by atoms with Gasteiger partial charge < -0.3 is 15.2 Å². The fourth-order valence-electron chi connectivity index (χ4n) is 3.54. The average Bonchev–Trinajstić information content (AvgIpc) is 3.25. The van der Waals surface area contributed by atoms with E-state index in [0.29, 0.717) is 23.6 Å². The van der Waals surface area contributed by atoms with E-state index in [-0.39, 0.29) is 18.1 Å². The molecule has 0 spiro atoms. The van der Waals surface area contributed by atoms with E-state index in [1.54, 1.807) is 6.07 Å². The van der Waals surface area contributed by atoms with Crippen LogP contribution < -0.4 is 10.1 Å². The number of nitrogens with one attached hydrogen (secondary N) is 1. The van der Waals surface area contributed by atoms with E-state index in [9.17, 15) is 14.7 Å². The summed E-state index contributed by atoms with van der Waals surface area (Å²) in [5.74, 6) is 0.303. The van der Waals surface area contributed by atoms with Crippen molar-refractivity contribution >= 4 is 17.6 Å². The molecule has 1 heterocycles. The first-order valence-corrected chi connectivity index (χ1v) is 11.0. The first-order chi connectivity index (χ1) is 16.5. The third-order valence-electron chi connectivity index (χ3n) is 5.15. The molecule has 34 heavy (non-hydrogen) atoms. The molecule has 4 rings (SSSR count). The van der Waals surface area contributed by atoms with E-state index >= 15 is 0 Å². The van der Waals surface area contributed by atoms with Crippen LogP contribution in [0.3, 0.4) is 0 Å². The number of benzene rings is 3. The second kappa shape index (κ2) is 10.5. The van der Waals surface area contributed by atoms with E-state index in [4.69, 9.17) is 4.74 Å². The minimum atomic E-state index is -1.06. The van der Waals surface area contributed by atoms with Gasteiger partial charge in [-0.15, -0.1) is 0 Å². The van der Waals surface area contributed by atoms with Gasteiger partial charge in [0.25, 0.3) is 0 Å². The third kappa shape index (κ3) is 5.69. The predicted molar refractivity (Wildman–Crippen MR) is 130 cm³/mol. The van der Waals surface area contributed by atoms with Crippen molar-refractivity contribution < 1.29 is 19.4 Å². The Morgan fingerprint density at radius 2 is 1.68 bits per heavy atom. The Morgan fingerprint density at radius 1 is 0.941 bits per heavy atom. The van der Waals surface area contributed by atoms with Gasteiger partial charge in [-0.2, -0.15) is 5.10 Å². The fraction of sp³-hybridized carbons (Fsp3) is 0.148. The number of hydrogen-bond donors (Lipinski definition) is 2. The molecule has 7 nitrogen and oxygen atoms in total. The second-order valence-corrected chi connectivity index (χ2v) is 7.82. The summed E-state index contributed by atoms with van der Waals surface area (Å²) in [4.78, 5) is 23.8. The molecule has 0 aliphatic rings. The topological polar surface area (TPSA) is 93.5 Å². The highest BCUT2D eigenvalue weighted by Crippen LogP contribution is 2.26. The molecule has 0 aliphatic carbocycles. The van der Waals surface area contributed by atoms with Crippen LogP contribution in [0.1, 0.15) is 35.8 Å². The summed E-state index contributed by atoms with van der Waals surface area (Å²) >= 11 is 0. The van der Waals surface area contributed by atoms with E-state index in [1.165, 1.54) is 4.68 Å². The van der Waals surface area contributed by atoms with Crippen LogP contribution in [-0.2, 0) is 11.3 Å². The summed E-state index contributed by atoms with van der Waals surface area (Å²) in [6, 6.07) is 25.7. The Morgan fingerprint density at radius 3 is 2.38 bits per heavy atom. The number of rotatable bonds is 9. The molecule has 1 aromatic heterocycles. The zero-order valence-corrected chi connectivity index (χ0v) is 18.8. The fourth-order valence-corrected chi connectivity index (χ4v) is 3.54. The van der Waals surface area contributed by atoms with Gasteiger partial charge in [0, 0.05) is 17.7 Å². The van der Waals surface area contributed by atoms with Gasteiger partial charge in [-0.1, -0.05) is 37.3 Å². The molecule has 1 amide bonds. The van der Waals surface area contributed by atoms with Crippen molar-refractivity contribution in [3.8, 4) is 22.8 Å². The number of carbonyl (C=O) groups excluding carboxylic acids is 1. The maximum atomic E-state index is 11.9. The molecule has 3 aromatic carbocycles. The molecule has 0 unspecified atom stereocenters. The number of carboxylic acids is 1. The van der Waals surface area contributed by atoms with Gasteiger partial charge >= 0.3 is 5.97 Å². The molecule has 0 atom stereocenters. The van der Waals surface area contributed by atoms with Crippen LogP contribution in [0, 0.1) is 0 Å². The molecular weight excluding hydrogens is 430 g/mol. The highest BCUT2D eigenvalue weighted by atomic mass is 16.5. The standard InChI is InChI=1S/C27H25N3O4/c1-2-7-26(31)28-21-9-6-8-19(16-21)18-30-25(27(32)33)17-24(29-30)20-12-14-23(15-13-20)34-22-10-4-3-5-11-22/h3-6,8-17H,2,7,18H2,1H3,(H,28,31)(H,32,33). The van der Waals surface area contributed by atoms with Crippen molar-refractivity contribution in [3.05, 3.63) is 96.2 Å². The lowest BCUT2D eigenvalue weighted by molar-refractivity contribution is -0.116. The number of ether oxygens (including phenoxy) is 1. The van der Waals surface area contributed by atoms with Gasteiger partial charge in [-0.25, -0.2) is 4.79 Å². The monoisotopic (exact) mass is 455 g/mol. The Bertz CT molecular complexity index is 1280. The van der Waals surface area contributed by atoms with E-state index in [1.807, 2.05) is 85.8 Å². The summed E-state index contributed by atoms with van der Waals surface area (Å²) in [5, 5.41) is 17.1. The molecule has 2 N–H and O–H groups in total. The van der Waals surface area contributed by atoms with Crippen LogP contribution in [0.25, 0.3) is 11.3 Å². The van der Waals surface area contributed by atoms with Gasteiger partial charge in [0.05, 0.1) is 12.2 Å². The van der Waals surface area contributed by atoms with Crippen LogP contribution in [0.2, 0.25) is 0 Å². The Labute approximate surface area is 197 Å². The van der Waals surface area contributed by atoms with Crippen molar-refractivity contribution in [1.29, 1.82) is 0 Å². The van der Waals surface area contributed by atoms with Crippen LogP contribution in [0.4, 0.5) is 5.69 Å². The van der Waals surface area contributed by atoms with E-state index in [0.717, 1.165) is 23.3 Å². The number of aromatic carboxylic acids is 1. The number of nitrogens with zero attached hydrogens (tertiary/aromatic N) is 2. The minimum absolute atomic E-state index is 0.0491. The molecule has 0 saturated carbocycles. The van der Waals surface area contributed by atoms with Crippen LogP contribution >= 0.6 is 0 Å². The highest BCUT2D eigenvalue weighted by molar-refractivity contribution is 5.90. The zero-order chi connectivity index (χ0) is 23.9. The Hall–Kier alpha value is -4.39. The molecule has 0 aliphatic heterocycles. The Kier molecular flexibility index (Phi) is 7.03. The summed E-state index contributed by atoms with van der Waals surface area (Å²) in [5.41, 5.74) is 2.92. The normalized spacial score (nSPS) is 10.6. The van der Waals surface area contributed by atoms with Crippen molar-refractivity contribution in [1.82, 2.24) is 9.78 Å². The largest absolute Gasteiger partial charge is 0.477 e. The SMILES string of the molecule is CCCC(=O)Nc1cccc(Cn2nc(-c3ccc(Oc4ccccc4)cc3)cc2C(=O)O)c1. The number of carbonyl (C=O) groups is 2. The van der Waals surface area contributed by atoms with E-state index < -0.39 is 5.97 Å². The number of carboxylic acid groups (broad SMARTS) is 1. The molecule has 0 saturated heterocycles. The smallest absolute Gasteiger partial charge is 0.354 e. The van der Waals surface area contributed by atoms with Gasteiger partial charge in [-0.05, 0) is 66.6 Å². The molecule has 4 aromatic rings. The van der Waals surface area contributed by atoms with Crippen LogP contribution in [0.5, 0.6) is 11.5 Å². The lowest BCUT2D eigenvalue weighted by Crippen LogP contribution is -2.12. The highest BCUT2D eigenvalue weighted by Gasteiger charge is 2.16. The quantitative estimate of drug-likeness (QED) is 0.331. The molecule has 0 radical (unpaired) electrons. The third-order valence-corrected chi connectivity index (χ3v) is 5.15. The minimum Gasteiger partial charge on any atom is -0.477 e. The van der Waals surface area contributed by atoms with Gasteiger partial charge in [0.1, 0.15) is 17.2 Å². The first-order valence-electron chi connectivity index (χ1n) is 11.0. The lowest BCUT2D eigenvalue weighted by Gasteiger charge is -2.08. The lowest BCUT2D eigenvalue weighted by atomic mass is 10.1. The number of amides is 1. The summed E-state index contributed by atoms with van der Waals surface area (Å²) in [6.45, 7) is 2.21. The van der Waals surface area contributed by atoms with Gasteiger partial charge in [0.15, 0.2) is 0 Å². The Balaban J connectivity index is 1.53. The number of aromatic nitrogens is 2. The average molecular weight is 456 g/mol. The second-order valence-electron chi connectivity index (χ2n) is 7.82. The maximum absolute atomic E-state index is 11.9. The van der Waals surface area contributed by atoms with Crippen molar-refractivity contribution in [3.63, 3.8) is 0 Å².